The first-order valence-corrected chi connectivity index (χ1v) is 6.75. The van der Waals surface area contributed by atoms with E-state index in [2.05, 4.69) is 11.2 Å². The first kappa shape index (κ1) is 14.3. The fourth-order valence-electron chi connectivity index (χ4n) is 2.20. The van der Waals surface area contributed by atoms with Crippen molar-refractivity contribution in [3.05, 3.63) is 52.3 Å². The van der Waals surface area contributed by atoms with Crippen LogP contribution in [-0.2, 0) is 6.54 Å². The lowest BCUT2D eigenvalue weighted by Gasteiger charge is -2.09. The Labute approximate surface area is 119 Å². The molecule has 0 atom stereocenters. The third-order valence-electron chi connectivity index (χ3n) is 3.43. The van der Waals surface area contributed by atoms with Crippen LogP contribution in [0.15, 0.2) is 24.3 Å². The zero-order chi connectivity index (χ0) is 14.9. The van der Waals surface area contributed by atoms with E-state index in [1.807, 2.05) is 39.8 Å². The molecular formula is C16H20N2O2. The molecule has 4 nitrogen and oxygen atoms in total. The Balaban J connectivity index is 2.39. The number of hydrogen-bond donors (Lipinski definition) is 1. The summed E-state index contributed by atoms with van der Waals surface area (Å²) in [5.74, 6) is -0.720. The lowest BCUT2D eigenvalue weighted by molar-refractivity contribution is 0.0684. The van der Waals surface area contributed by atoms with Gasteiger partial charge in [-0.3, -0.25) is 4.68 Å². The normalized spacial score (nSPS) is 11.1. The zero-order valence-corrected chi connectivity index (χ0v) is 12.3. The highest BCUT2D eigenvalue weighted by molar-refractivity contribution is 5.85. The van der Waals surface area contributed by atoms with Gasteiger partial charge < -0.3 is 5.11 Å². The van der Waals surface area contributed by atoms with Gasteiger partial charge in [-0.2, -0.15) is 5.10 Å². The first-order valence-electron chi connectivity index (χ1n) is 6.75. The Hall–Kier alpha value is -2.10. The van der Waals surface area contributed by atoms with Crippen molar-refractivity contribution in [2.45, 2.75) is 40.2 Å². The van der Waals surface area contributed by atoms with Crippen LogP contribution in [0.3, 0.4) is 0 Å². The Morgan fingerprint density at radius 3 is 2.55 bits per heavy atom. The number of benzene rings is 1. The van der Waals surface area contributed by atoms with Crippen LogP contribution in [0.1, 0.15) is 52.6 Å². The van der Waals surface area contributed by atoms with E-state index in [9.17, 15) is 9.90 Å². The van der Waals surface area contributed by atoms with Crippen LogP contribution in [-0.4, -0.2) is 20.9 Å². The fourth-order valence-corrected chi connectivity index (χ4v) is 2.20. The van der Waals surface area contributed by atoms with Crippen LogP contribution in [0.4, 0.5) is 0 Å². The van der Waals surface area contributed by atoms with E-state index in [1.165, 1.54) is 5.56 Å². The molecule has 2 aromatic rings. The van der Waals surface area contributed by atoms with Gasteiger partial charge in [0.2, 0.25) is 0 Å². The van der Waals surface area contributed by atoms with Gasteiger partial charge >= 0.3 is 5.97 Å². The quantitative estimate of drug-likeness (QED) is 0.928. The molecule has 1 aromatic heterocycles. The standard InChI is InChI=1S/C16H20N2O2/c1-10(2)14-8-15(16(19)20)18(17-14)9-13-6-5-11(3)7-12(13)4/h5-8,10H,9H2,1-4H3,(H,19,20). The van der Waals surface area contributed by atoms with Gasteiger partial charge in [0.15, 0.2) is 0 Å². The summed E-state index contributed by atoms with van der Waals surface area (Å²) in [5, 5.41) is 13.7. The van der Waals surface area contributed by atoms with Crippen LogP contribution in [0.2, 0.25) is 0 Å². The minimum atomic E-state index is -0.936. The number of rotatable bonds is 4. The molecular weight excluding hydrogens is 252 g/mol. The van der Waals surface area contributed by atoms with Gasteiger partial charge in [0.05, 0.1) is 12.2 Å². The van der Waals surface area contributed by atoms with Gasteiger partial charge in [-0.05, 0) is 37.0 Å². The minimum absolute atomic E-state index is 0.216. The average molecular weight is 272 g/mol. The van der Waals surface area contributed by atoms with E-state index >= 15 is 0 Å². The van der Waals surface area contributed by atoms with Gasteiger partial charge in [-0.25, -0.2) is 4.79 Å². The maximum atomic E-state index is 11.3. The molecule has 0 fully saturated rings. The average Bonchev–Trinajstić information content (AvgIpc) is 2.77. The van der Waals surface area contributed by atoms with Crippen molar-refractivity contribution in [2.24, 2.45) is 0 Å². The summed E-state index contributed by atoms with van der Waals surface area (Å²) in [6.45, 7) is 8.59. The topological polar surface area (TPSA) is 55.1 Å². The number of nitrogens with zero attached hydrogens (tertiary/aromatic N) is 2. The number of carboxylic acid groups (broad SMARTS) is 1. The van der Waals surface area contributed by atoms with Gasteiger partial charge in [-0.15, -0.1) is 0 Å². The van der Waals surface area contributed by atoms with Crippen molar-refractivity contribution >= 4 is 5.97 Å². The Kier molecular flexibility index (Phi) is 3.93. The van der Waals surface area contributed by atoms with Crippen LogP contribution >= 0.6 is 0 Å². The van der Waals surface area contributed by atoms with Crippen molar-refractivity contribution < 1.29 is 9.90 Å². The molecule has 0 bridgehead atoms. The van der Waals surface area contributed by atoms with E-state index < -0.39 is 5.97 Å². The molecule has 1 heterocycles. The second kappa shape index (κ2) is 5.49. The minimum Gasteiger partial charge on any atom is -0.477 e. The van der Waals surface area contributed by atoms with Crippen LogP contribution in [0, 0.1) is 13.8 Å². The third-order valence-corrected chi connectivity index (χ3v) is 3.43. The lowest BCUT2D eigenvalue weighted by Crippen LogP contribution is -2.11. The van der Waals surface area contributed by atoms with E-state index in [0.29, 0.717) is 6.54 Å². The molecule has 0 saturated carbocycles. The maximum absolute atomic E-state index is 11.3. The van der Waals surface area contributed by atoms with Crippen molar-refractivity contribution in [1.82, 2.24) is 9.78 Å². The Bertz CT molecular complexity index is 642. The van der Waals surface area contributed by atoms with Crippen molar-refractivity contribution in [1.29, 1.82) is 0 Å². The fraction of sp³-hybridized carbons (Fsp3) is 0.375. The molecule has 4 heteroatoms. The van der Waals surface area contributed by atoms with E-state index in [-0.39, 0.29) is 11.6 Å². The van der Waals surface area contributed by atoms with Crippen LogP contribution < -0.4 is 0 Å². The van der Waals surface area contributed by atoms with Crippen molar-refractivity contribution in [3.8, 4) is 0 Å². The number of carbonyl (C=O) groups is 1. The Morgan fingerprint density at radius 1 is 1.30 bits per heavy atom. The number of aryl methyl sites for hydroxylation is 2. The monoisotopic (exact) mass is 272 g/mol. The van der Waals surface area contributed by atoms with E-state index in [1.54, 1.807) is 10.7 Å². The largest absolute Gasteiger partial charge is 0.477 e. The number of carboxylic acids is 1. The third kappa shape index (κ3) is 2.90. The number of aromatic carboxylic acids is 1. The van der Waals surface area contributed by atoms with Crippen molar-refractivity contribution in [3.63, 3.8) is 0 Å². The number of aromatic nitrogens is 2. The highest BCUT2D eigenvalue weighted by atomic mass is 16.4. The molecule has 20 heavy (non-hydrogen) atoms. The predicted octanol–water partition coefficient (Wildman–Crippen LogP) is 3.37. The zero-order valence-electron chi connectivity index (χ0n) is 12.3. The molecule has 0 unspecified atom stereocenters. The molecule has 106 valence electrons. The van der Waals surface area contributed by atoms with Crippen molar-refractivity contribution in [2.75, 3.05) is 0 Å². The Morgan fingerprint density at radius 2 is 2.00 bits per heavy atom. The summed E-state index contributed by atoms with van der Waals surface area (Å²) >= 11 is 0. The predicted molar refractivity (Wildman–Crippen MR) is 78.3 cm³/mol. The summed E-state index contributed by atoms with van der Waals surface area (Å²) in [6, 6.07) is 7.84. The summed E-state index contributed by atoms with van der Waals surface area (Å²) in [4.78, 5) is 11.3. The highest BCUT2D eigenvalue weighted by Gasteiger charge is 2.16. The molecule has 0 amide bonds. The van der Waals surface area contributed by atoms with Gasteiger partial charge in [-0.1, -0.05) is 37.6 Å². The summed E-state index contributed by atoms with van der Waals surface area (Å²) < 4.78 is 1.58. The number of hydrogen-bond acceptors (Lipinski definition) is 2. The highest BCUT2D eigenvalue weighted by Crippen LogP contribution is 2.18. The molecule has 0 spiro atoms. The molecule has 1 N–H and O–H groups in total. The van der Waals surface area contributed by atoms with Gasteiger partial charge in [0, 0.05) is 0 Å². The molecule has 0 aliphatic rings. The van der Waals surface area contributed by atoms with Crippen LogP contribution in [0.5, 0.6) is 0 Å². The SMILES string of the molecule is Cc1ccc(Cn2nc(C(C)C)cc2C(=O)O)c(C)c1. The summed E-state index contributed by atoms with van der Waals surface area (Å²) in [7, 11) is 0. The van der Waals surface area contributed by atoms with E-state index in [4.69, 9.17) is 0 Å². The second-order valence-electron chi connectivity index (χ2n) is 5.50. The lowest BCUT2D eigenvalue weighted by atomic mass is 10.1. The smallest absolute Gasteiger partial charge is 0.354 e. The van der Waals surface area contributed by atoms with Crippen LogP contribution in [0.25, 0.3) is 0 Å². The summed E-state index contributed by atoms with van der Waals surface area (Å²) in [5.41, 5.74) is 4.51. The van der Waals surface area contributed by atoms with E-state index in [0.717, 1.165) is 16.8 Å². The molecule has 0 radical (unpaired) electrons. The van der Waals surface area contributed by atoms with Gasteiger partial charge in [0.25, 0.3) is 0 Å². The molecule has 0 aliphatic heterocycles. The van der Waals surface area contributed by atoms with Gasteiger partial charge in [0.1, 0.15) is 5.69 Å². The first-order chi connectivity index (χ1) is 9.38. The molecule has 0 saturated heterocycles. The summed E-state index contributed by atoms with van der Waals surface area (Å²) in [6.07, 6.45) is 0. The maximum Gasteiger partial charge on any atom is 0.354 e. The second-order valence-corrected chi connectivity index (χ2v) is 5.50. The molecule has 1 aromatic carbocycles. The molecule has 0 aliphatic carbocycles. The molecule has 2 rings (SSSR count).